The van der Waals surface area contributed by atoms with Crippen LogP contribution in [0, 0.1) is 12.7 Å². The summed E-state index contributed by atoms with van der Waals surface area (Å²) in [5, 5.41) is 12.1. The summed E-state index contributed by atoms with van der Waals surface area (Å²) in [6.07, 6.45) is 0. The van der Waals surface area contributed by atoms with Crippen molar-refractivity contribution in [1.82, 2.24) is 0 Å². The molecule has 5 heteroatoms. The fourth-order valence-corrected chi connectivity index (χ4v) is 2.11. The van der Waals surface area contributed by atoms with Gasteiger partial charge < -0.3 is 9.94 Å². The van der Waals surface area contributed by atoms with Crippen molar-refractivity contribution in [3.63, 3.8) is 0 Å². The van der Waals surface area contributed by atoms with Crippen molar-refractivity contribution in [1.29, 1.82) is 0 Å². The second-order valence-electron chi connectivity index (χ2n) is 4.69. The van der Waals surface area contributed by atoms with Crippen molar-refractivity contribution in [2.45, 2.75) is 20.5 Å². The number of benzene rings is 2. The normalized spacial score (nSPS) is 11.5. The topological polar surface area (TPSA) is 41.8 Å². The summed E-state index contributed by atoms with van der Waals surface area (Å²) in [5.41, 5.74) is 2.45. The lowest BCUT2D eigenvalue weighted by Gasteiger charge is -2.12. The van der Waals surface area contributed by atoms with Crippen molar-refractivity contribution in [3.8, 4) is 5.75 Å². The molecule has 0 unspecified atom stereocenters. The van der Waals surface area contributed by atoms with Gasteiger partial charge in [0, 0.05) is 11.1 Å². The Kier molecular flexibility index (Phi) is 4.81. The molecule has 2 rings (SSSR count). The van der Waals surface area contributed by atoms with E-state index in [9.17, 15) is 4.39 Å². The van der Waals surface area contributed by atoms with Gasteiger partial charge in [-0.2, -0.15) is 0 Å². The van der Waals surface area contributed by atoms with Crippen LogP contribution in [0.25, 0.3) is 0 Å². The first-order chi connectivity index (χ1) is 10.0. The maximum absolute atomic E-state index is 13.8. The zero-order valence-corrected chi connectivity index (χ0v) is 12.5. The van der Waals surface area contributed by atoms with Crippen LogP contribution in [-0.4, -0.2) is 10.9 Å². The lowest BCUT2D eigenvalue weighted by molar-refractivity contribution is 0.297. The lowest BCUT2D eigenvalue weighted by Crippen LogP contribution is -2.04. The van der Waals surface area contributed by atoms with Gasteiger partial charge in [0.2, 0.25) is 0 Å². The van der Waals surface area contributed by atoms with E-state index in [2.05, 4.69) is 5.16 Å². The van der Waals surface area contributed by atoms with E-state index in [0.717, 1.165) is 5.56 Å². The van der Waals surface area contributed by atoms with E-state index in [4.69, 9.17) is 21.5 Å². The van der Waals surface area contributed by atoms with Crippen LogP contribution in [0.2, 0.25) is 5.02 Å². The fraction of sp³-hybridized carbons (Fsp3) is 0.188. The molecule has 0 saturated heterocycles. The molecular formula is C16H15ClFNO2. The average molecular weight is 308 g/mol. The standard InChI is InChI=1S/C16H15ClFNO2/c1-10-6-7-13(11(2)19-20)15(8-10)21-9-12-4-3-5-14(17)16(12)18/h3-8,20H,9H2,1-2H3/b19-11-. The Bertz CT molecular complexity index is 686. The molecule has 110 valence electrons. The van der Waals surface area contributed by atoms with Crippen LogP contribution in [-0.2, 0) is 6.61 Å². The smallest absolute Gasteiger partial charge is 0.148 e. The molecule has 0 amide bonds. The molecule has 0 fully saturated rings. The number of nitrogens with zero attached hydrogens (tertiary/aromatic N) is 1. The first kappa shape index (κ1) is 15.3. The minimum Gasteiger partial charge on any atom is -0.488 e. The van der Waals surface area contributed by atoms with Crippen LogP contribution in [0.5, 0.6) is 5.75 Å². The molecule has 0 atom stereocenters. The third kappa shape index (κ3) is 3.52. The highest BCUT2D eigenvalue weighted by Crippen LogP contribution is 2.24. The molecule has 0 aliphatic carbocycles. The Morgan fingerprint density at radius 2 is 2.10 bits per heavy atom. The highest BCUT2D eigenvalue weighted by atomic mass is 35.5. The minimum atomic E-state index is -0.485. The maximum atomic E-state index is 13.8. The number of oxime groups is 1. The Hall–Kier alpha value is -2.07. The number of aryl methyl sites for hydroxylation is 1. The van der Waals surface area contributed by atoms with Crippen LogP contribution in [0.4, 0.5) is 4.39 Å². The molecule has 0 spiro atoms. The first-order valence-corrected chi connectivity index (χ1v) is 6.76. The van der Waals surface area contributed by atoms with Crippen LogP contribution in [0.3, 0.4) is 0 Å². The summed E-state index contributed by atoms with van der Waals surface area (Å²) in [7, 11) is 0. The molecule has 1 N–H and O–H groups in total. The molecule has 21 heavy (non-hydrogen) atoms. The Balaban J connectivity index is 2.27. The second kappa shape index (κ2) is 6.59. The summed E-state index contributed by atoms with van der Waals surface area (Å²) >= 11 is 5.74. The maximum Gasteiger partial charge on any atom is 0.148 e. The van der Waals surface area contributed by atoms with Gasteiger partial charge in [-0.3, -0.25) is 0 Å². The van der Waals surface area contributed by atoms with Crippen LogP contribution >= 0.6 is 11.6 Å². The van der Waals surface area contributed by atoms with Crippen molar-refractivity contribution in [3.05, 3.63) is 63.9 Å². The Morgan fingerprint density at radius 3 is 2.81 bits per heavy atom. The van der Waals surface area contributed by atoms with E-state index in [0.29, 0.717) is 22.6 Å². The predicted molar refractivity (Wildman–Crippen MR) is 80.9 cm³/mol. The van der Waals surface area contributed by atoms with Crippen molar-refractivity contribution < 1.29 is 14.3 Å². The molecule has 0 aliphatic heterocycles. The zero-order valence-electron chi connectivity index (χ0n) is 11.7. The zero-order chi connectivity index (χ0) is 15.4. The van der Waals surface area contributed by atoms with Gasteiger partial charge in [0.05, 0.1) is 10.7 Å². The van der Waals surface area contributed by atoms with Gasteiger partial charge in [-0.05, 0) is 37.6 Å². The monoisotopic (exact) mass is 307 g/mol. The Labute approximate surface area is 127 Å². The SMILES string of the molecule is C/C(=N/O)c1ccc(C)cc1OCc1cccc(Cl)c1F. The first-order valence-electron chi connectivity index (χ1n) is 6.38. The highest BCUT2D eigenvalue weighted by Gasteiger charge is 2.11. The Morgan fingerprint density at radius 1 is 1.33 bits per heavy atom. The predicted octanol–water partition coefficient (Wildman–Crippen LogP) is 4.56. The number of ether oxygens (including phenoxy) is 1. The van der Waals surface area contributed by atoms with E-state index < -0.39 is 5.82 Å². The minimum absolute atomic E-state index is 0.0432. The van der Waals surface area contributed by atoms with Gasteiger partial charge in [-0.1, -0.05) is 35.0 Å². The molecule has 0 heterocycles. The molecule has 0 aliphatic rings. The largest absolute Gasteiger partial charge is 0.488 e. The summed E-state index contributed by atoms with van der Waals surface area (Å²) in [6.45, 7) is 3.63. The summed E-state index contributed by atoms with van der Waals surface area (Å²) in [5.74, 6) is 0.0468. The van der Waals surface area contributed by atoms with Gasteiger partial charge in [-0.25, -0.2) is 4.39 Å². The molecule has 3 nitrogen and oxygen atoms in total. The number of rotatable bonds is 4. The number of hydrogen-bond donors (Lipinski definition) is 1. The lowest BCUT2D eigenvalue weighted by atomic mass is 10.1. The molecule has 0 saturated carbocycles. The van der Waals surface area contributed by atoms with E-state index >= 15 is 0 Å². The van der Waals surface area contributed by atoms with Gasteiger partial charge >= 0.3 is 0 Å². The highest BCUT2D eigenvalue weighted by molar-refractivity contribution is 6.30. The number of halogens is 2. The quantitative estimate of drug-likeness (QED) is 0.511. The van der Waals surface area contributed by atoms with E-state index in [1.165, 1.54) is 6.07 Å². The van der Waals surface area contributed by atoms with Crippen LogP contribution in [0.1, 0.15) is 23.6 Å². The van der Waals surface area contributed by atoms with E-state index in [1.807, 2.05) is 19.1 Å². The molecular weight excluding hydrogens is 293 g/mol. The van der Waals surface area contributed by atoms with Crippen LogP contribution in [0.15, 0.2) is 41.6 Å². The van der Waals surface area contributed by atoms with E-state index in [1.54, 1.807) is 25.1 Å². The van der Waals surface area contributed by atoms with Gasteiger partial charge in [0.15, 0.2) is 0 Å². The van der Waals surface area contributed by atoms with Crippen molar-refractivity contribution in [2.75, 3.05) is 0 Å². The molecule has 2 aromatic carbocycles. The van der Waals surface area contributed by atoms with Gasteiger partial charge in [0.25, 0.3) is 0 Å². The molecule has 0 radical (unpaired) electrons. The molecule has 0 aromatic heterocycles. The van der Waals surface area contributed by atoms with E-state index in [-0.39, 0.29) is 11.6 Å². The molecule has 0 bridgehead atoms. The summed E-state index contributed by atoms with van der Waals surface area (Å²) in [6, 6.07) is 10.3. The van der Waals surface area contributed by atoms with Gasteiger partial charge in [0.1, 0.15) is 18.2 Å². The number of hydrogen-bond acceptors (Lipinski definition) is 3. The van der Waals surface area contributed by atoms with Gasteiger partial charge in [-0.15, -0.1) is 0 Å². The summed E-state index contributed by atoms with van der Waals surface area (Å²) in [4.78, 5) is 0. The summed E-state index contributed by atoms with van der Waals surface area (Å²) < 4.78 is 19.5. The third-order valence-electron chi connectivity index (χ3n) is 3.09. The van der Waals surface area contributed by atoms with Crippen molar-refractivity contribution in [2.24, 2.45) is 5.16 Å². The van der Waals surface area contributed by atoms with Crippen molar-refractivity contribution >= 4 is 17.3 Å². The second-order valence-corrected chi connectivity index (χ2v) is 5.09. The van der Waals surface area contributed by atoms with Crippen LogP contribution < -0.4 is 4.74 Å². The third-order valence-corrected chi connectivity index (χ3v) is 3.38. The molecule has 2 aromatic rings. The fourth-order valence-electron chi connectivity index (χ4n) is 1.92. The average Bonchev–Trinajstić information content (AvgIpc) is 2.48.